The summed E-state index contributed by atoms with van der Waals surface area (Å²) in [5.74, 6) is 1.80. The Hall–Kier alpha value is -3.96. The molecule has 0 aliphatic heterocycles. The van der Waals surface area contributed by atoms with Crippen molar-refractivity contribution in [2.45, 2.75) is 153 Å². The van der Waals surface area contributed by atoms with Gasteiger partial charge in [0.25, 0.3) is 0 Å². The van der Waals surface area contributed by atoms with Crippen molar-refractivity contribution in [2.75, 3.05) is 39.3 Å². The Balaban J connectivity index is 0.000000496. The Morgan fingerprint density at radius 2 is 0.738 bits per heavy atom. The zero-order valence-corrected chi connectivity index (χ0v) is 43.3. The average molecular weight is 904 g/mol. The first kappa shape index (κ1) is 59.1. The molecule has 0 aliphatic carbocycles. The van der Waals surface area contributed by atoms with Gasteiger partial charge >= 0.3 is 12.1 Å². The van der Waals surface area contributed by atoms with Gasteiger partial charge in [0.15, 0.2) is 0 Å². The molecule has 3 rings (SSSR count). The van der Waals surface area contributed by atoms with Crippen molar-refractivity contribution in [3.63, 3.8) is 0 Å². The molecule has 65 heavy (non-hydrogen) atoms. The fourth-order valence-corrected chi connectivity index (χ4v) is 7.06. The van der Waals surface area contributed by atoms with E-state index in [0.29, 0.717) is 50.5 Å². The number of carbonyl (C=O) groups is 2. The van der Waals surface area contributed by atoms with E-state index >= 15 is 0 Å². The summed E-state index contributed by atoms with van der Waals surface area (Å²) < 4.78 is 0. The lowest BCUT2D eigenvalue weighted by molar-refractivity contribution is 0.0746. The summed E-state index contributed by atoms with van der Waals surface area (Å²) in [5.41, 5.74) is 3.14. The molecule has 6 N–H and O–H groups in total. The van der Waals surface area contributed by atoms with Crippen LogP contribution in [0, 0.1) is 35.5 Å². The number of nitrogens with zero attached hydrogens (tertiary/aromatic N) is 2. The number of nitrogens with one attached hydrogen (secondary N) is 3. The van der Waals surface area contributed by atoms with Gasteiger partial charge in [-0.2, -0.15) is 0 Å². The molecule has 3 aromatic carbocycles. The number of hydrogen-bond donors (Lipinski definition) is 6. The number of amides is 4. The summed E-state index contributed by atoms with van der Waals surface area (Å²) in [4.78, 5) is 28.5. The van der Waals surface area contributed by atoms with Crippen LogP contribution in [-0.4, -0.2) is 106 Å². The third-order valence-electron chi connectivity index (χ3n) is 10.6. The van der Waals surface area contributed by atoms with E-state index in [1.807, 2.05) is 110 Å². The van der Waals surface area contributed by atoms with Crippen LogP contribution >= 0.6 is 0 Å². The van der Waals surface area contributed by atoms with E-state index in [2.05, 4.69) is 101 Å². The zero-order chi connectivity index (χ0) is 49.3. The van der Waals surface area contributed by atoms with Gasteiger partial charge in [0.1, 0.15) is 0 Å². The molecule has 0 aromatic heterocycles. The number of aliphatic hydroxyl groups excluding tert-OH is 3. The topological polar surface area (TPSA) is 137 Å². The second-order valence-electron chi connectivity index (χ2n) is 21.7. The van der Waals surface area contributed by atoms with Gasteiger partial charge in [0.2, 0.25) is 0 Å². The van der Waals surface area contributed by atoms with Gasteiger partial charge in [-0.1, -0.05) is 153 Å². The molecular weight excluding hydrogens is 811 g/mol. The summed E-state index contributed by atoms with van der Waals surface area (Å²) in [6, 6.07) is 30.4. The average Bonchev–Trinajstić information content (AvgIpc) is 3.20. The molecule has 0 radical (unpaired) electrons. The molecule has 3 aromatic rings. The molecule has 0 spiro atoms. The smallest absolute Gasteiger partial charge is 0.317 e. The zero-order valence-electron chi connectivity index (χ0n) is 43.3. The number of benzene rings is 3. The molecule has 368 valence electrons. The number of urea groups is 2. The van der Waals surface area contributed by atoms with Crippen molar-refractivity contribution in [2.24, 2.45) is 35.5 Å². The van der Waals surface area contributed by atoms with Crippen molar-refractivity contribution in [3.8, 4) is 0 Å². The van der Waals surface area contributed by atoms with Crippen LogP contribution in [0.4, 0.5) is 9.59 Å². The largest absolute Gasteiger partial charge is 0.392 e. The first-order valence-corrected chi connectivity index (χ1v) is 24.3. The van der Waals surface area contributed by atoms with E-state index in [9.17, 15) is 24.9 Å². The van der Waals surface area contributed by atoms with Crippen LogP contribution in [0.5, 0.6) is 0 Å². The normalized spacial score (nSPS) is 14.5. The lowest BCUT2D eigenvalue weighted by Gasteiger charge is -2.32. The van der Waals surface area contributed by atoms with Gasteiger partial charge in [0.05, 0.1) is 18.3 Å². The monoisotopic (exact) mass is 904 g/mol. The SMILES string of the molecule is CC(C)CN(C[C@@H](O)[C@@H](C)Cc1ccccc1)C(=O)NC(C)(C)C.CC(C)CN(C[C@@H](O)[C@@H](C)Cc1ccccc1)C(=O)NC(C)(C)C.CC(C)CNC[C@@H](O)[C@@H](C)Cc1ccccc1. The van der Waals surface area contributed by atoms with E-state index in [1.165, 1.54) is 16.7 Å². The molecular formula is C55H93N5O5. The minimum Gasteiger partial charge on any atom is -0.392 e. The number of carbonyl (C=O) groups excluding carboxylic acids is 2. The maximum atomic E-state index is 12.5. The lowest BCUT2D eigenvalue weighted by Crippen LogP contribution is -2.52. The molecule has 0 unspecified atom stereocenters. The predicted molar refractivity (Wildman–Crippen MR) is 273 cm³/mol. The molecule has 0 heterocycles. The molecule has 0 aliphatic rings. The Morgan fingerprint density at radius 3 is 1.00 bits per heavy atom. The predicted octanol–water partition coefficient (Wildman–Crippen LogP) is 9.86. The Labute approximate surface area is 396 Å². The number of rotatable bonds is 21. The highest BCUT2D eigenvalue weighted by atomic mass is 16.3. The van der Waals surface area contributed by atoms with Crippen LogP contribution in [0.15, 0.2) is 91.0 Å². The fourth-order valence-electron chi connectivity index (χ4n) is 7.06. The van der Waals surface area contributed by atoms with E-state index in [1.54, 1.807) is 9.80 Å². The third kappa shape index (κ3) is 28.6. The van der Waals surface area contributed by atoms with Crippen molar-refractivity contribution >= 4 is 12.1 Å². The molecule has 0 fully saturated rings. The van der Waals surface area contributed by atoms with Gasteiger partial charge in [0, 0.05) is 43.8 Å². The van der Waals surface area contributed by atoms with Crippen molar-refractivity contribution < 1.29 is 24.9 Å². The van der Waals surface area contributed by atoms with Gasteiger partial charge in [-0.25, -0.2) is 9.59 Å². The van der Waals surface area contributed by atoms with Crippen LogP contribution in [0.25, 0.3) is 0 Å². The molecule has 0 bridgehead atoms. The van der Waals surface area contributed by atoms with Crippen LogP contribution in [0.1, 0.15) is 121 Å². The van der Waals surface area contributed by atoms with Crippen molar-refractivity contribution in [3.05, 3.63) is 108 Å². The van der Waals surface area contributed by atoms with Gasteiger partial charge in [-0.15, -0.1) is 0 Å². The number of hydrogen-bond acceptors (Lipinski definition) is 6. The molecule has 6 atom stereocenters. The fraction of sp³-hybridized carbons (Fsp3) is 0.636. The summed E-state index contributed by atoms with van der Waals surface area (Å²) in [5, 5.41) is 40.5. The maximum absolute atomic E-state index is 12.5. The lowest BCUT2D eigenvalue weighted by atomic mass is 9.95. The van der Waals surface area contributed by atoms with E-state index < -0.39 is 12.2 Å². The molecule has 0 saturated heterocycles. The summed E-state index contributed by atoms with van der Waals surface area (Å²) >= 11 is 0. The van der Waals surface area contributed by atoms with Crippen molar-refractivity contribution in [1.82, 2.24) is 25.8 Å². The minimum atomic E-state index is -0.547. The van der Waals surface area contributed by atoms with Crippen LogP contribution in [-0.2, 0) is 19.3 Å². The Kier molecular flexibility index (Phi) is 27.6. The first-order valence-electron chi connectivity index (χ1n) is 24.3. The van der Waals surface area contributed by atoms with E-state index in [0.717, 1.165) is 25.8 Å². The van der Waals surface area contributed by atoms with Gasteiger partial charge in [-0.05, 0) is 120 Å². The molecule has 10 nitrogen and oxygen atoms in total. The first-order chi connectivity index (χ1) is 30.3. The Morgan fingerprint density at radius 1 is 0.446 bits per heavy atom. The second-order valence-corrected chi connectivity index (χ2v) is 21.7. The molecule has 10 heteroatoms. The summed E-state index contributed by atoms with van der Waals surface area (Å²) in [7, 11) is 0. The quantitative estimate of drug-likeness (QED) is 0.0630. The second kappa shape index (κ2) is 30.4. The van der Waals surface area contributed by atoms with Crippen LogP contribution < -0.4 is 16.0 Å². The third-order valence-corrected chi connectivity index (χ3v) is 10.6. The van der Waals surface area contributed by atoms with E-state index in [4.69, 9.17) is 0 Å². The standard InChI is InChI=1S/2C20H34N2O2.C15H25NO/c2*1-15(2)13-22(19(24)21-20(4,5)6)14-18(23)16(3)12-17-10-8-7-9-11-17;1-12(2)10-16-11-15(17)13(3)9-14-7-5-4-6-8-14/h2*7-11,15-16,18,23H,12-14H2,1-6H3,(H,21,24);4-8,12-13,15-17H,9-11H2,1-3H3/t2*16-,18+;13-,15+/m000/s1. The minimum absolute atomic E-state index is 0.0875. The highest BCUT2D eigenvalue weighted by Crippen LogP contribution is 2.17. The highest BCUT2D eigenvalue weighted by Gasteiger charge is 2.27. The summed E-state index contributed by atoms with van der Waals surface area (Å²) in [6.45, 7) is 34.3. The van der Waals surface area contributed by atoms with Crippen LogP contribution in [0.2, 0.25) is 0 Å². The highest BCUT2D eigenvalue weighted by molar-refractivity contribution is 5.75. The Bertz CT molecular complexity index is 1580. The van der Waals surface area contributed by atoms with Gasteiger partial charge in [-0.3, -0.25) is 0 Å². The van der Waals surface area contributed by atoms with E-state index in [-0.39, 0.29) is 47.0 Å². The molecule has 0 saturated carbocycles. The van der Waals surface area contributed by atoms with Crippen LogP contribution in [0.3, 0.4) is 0 Å². The number of aliphatic hydroxyl groups is 3. The van der Waals surface area contributed by atoms with Crippen molar-refractivity contribution in [1.29, 1.82) is 0 Å². The van der Waals surface area contributed by atoms with Gasteiger partial charge < -0.3 is 41.1 Å². The summed E-state index contributed by atoms with van der Waals surface area (Å²) in [6.07, 6.45) is 1.18. The molecule has 4 amide bonds. The maximum Gasteiger partial charge on any atom is 0.317 e.